The number of hydrogen-bond acceptors (Lipinski definition) is 3. The van der Waals surface area contributed by atoms with E-state index in [0.717, 1.165) is 45.3 Å². The molecule has 3 heteroatoms. The van der Waals surface area contributed by atoms with Crippen LogP contribution in [-0.2, 0) is 0 Å². The molecular weight excluding hydrogens is 560 g/mol. The topological polar surface area (TPSA) is 26.7 Å². The lowest BCUT2D eigenvalue weighted by Gasteiger charge is -2.25. The van der Waals surface area contributed by atoms with Gasteiger partial charge in [-0.3, -0.25) is 0 Å². The summed E-state index contributed by atoms with van der Waals surface area (Å²) in [7, 11) is 0. The fraction of sp³-hybridized carbons (Fsp3) is 0.0233. The number of benzene rings is 7. The summed E-state index contributed by atoms with van der Waals surface area (Å²) < 4.78 is 0. The Morgan fingerprint density at radius 3 is 0.913 bits per heavy atom. The van der Waals surface area contributed by atoms with Crippen molar-refractivity contribution in [3.63, 3.8) is 0 Å². The van der Waals surface area contributed by atoms with Crippen LogP contribution in [0.5, 0.6) is 5.75 Å². The highest BCUT2D eigenvalue weighted by atomic mass is 16.3. The standard InChI is InChI=1S/C43H34N2O/c1-32-12-22-39(23-13-32)44(37-8-4-2-5-9-37)40-24-18-35(19-25-40)33-14-16-34(17-15-33)36-20-26-41(27-21-36)45(38-10-6-3-7-11-38)42-28-30-43(46)31-29-42/h2-31,46H,1H3. The molecule has 7 aromatic rings. The van der Waals surface area contributed by atoms with Crippen molar-refractivity contribution in [3.05, 3.63) is 188 Å². The quantitative estimate of drug-likeness (QED) is 0.190. The van der Waals surface area contributed by atoms with Crippen LogP contribution in [0.3, 0.4) is 0 Å². The first kappa shape index (κ1) is 28.7. The Labute approximate surface area is 270 Å². The fourth-order valence-corrected chi connectivity index (χ4v) is 5.81. The summed E-state index contributed by atoms with van der Waals surface area (Å²) in [6.45, 7) is 2.12. The number of aromatic hydroxyl groups is 1. The van der Waals surface area contributed by atoms with Gasteiger partial charge in [-0.2, -0.15) is 0 Å². The maximum Gasteiger partial charge on any atom is 0.115 e. The number of hydrogen-bond donors (Lipinski definition) is 1. The molecule has 0 fully saturated rings. The molecule has 7 rings (SSSR count). The lowest BCUT2D eigenvalue weighted by atomic mass is 9.99. The van der Waals surface area contributed by atoms with E-state index in [2.05, 4.69) is 156 Å². The van der Waals surface area contributed by atoms with Crippen LogP contribution in [0.15, 0.2) is 182 Å². The van der Waals surface area contributed by atoms with Crippen molar-refractivity contribution in [1.29, 1.82) is 0 Å². The van der Waals surface area contributed by atoms with Crippen LogP contribution in [0.2, 0.25) is 0 Å². The predicted molar refractivity (Wildman–Crippen MR) is 193 cm³/mol. The molecule has 0 amide bonds. The fourth-order valence-electron chi connectivity index (χ4n) is 5.81. The minimum absolute atomic E-state index is 0.253. The van der Waals surface area contributed by atoms with Crippen molar-refractivity contribution in [1.82, 2.24) is 0 Å². The maximum atomic E-state index is 9.84. The van der Waals surface area contributed by atoms with Crippen molar-refractivity contribution >= 4 is 34.1 Å². The Bertz CT molecular complexity index is 1850. The Hall–Kier alpha value is -6.06. The van der Waals surface area contributed by atoms with Crippen LogP contribution in [0, 0.1) is 6.92 Å². The molecule has 0 atom stereocenters. The molecule has 0 saturated carbocycles. The molecule has 7 aromatic carbocycles. The van der Waals surface area contributed by atoms with E-state index < -0.39 is 0 Å². The van der Waals surface area contributed by atoms with E-state index in [9.17, 15) is 5.11 Å². The Morgan fingerprint density at radius 1 is 0.304 bits per heavy atom. The van der Waals surface area contributed by atoms with Crippen molar-refractivity contribution in [2.24, 2.45) is 0 Å². The molecule has 1 N–H and O–H groups in total. The second-order valence-corrected chi connectivity index (χ2v) is 11.4. The van der Waals surface area contributed by atoms with Gasteiger partial charge in [-0.25, -0.2) is 0 Å². The van der Waals surface area contributed by atoms with Crippen molar-refractivity contribution in [2.45, 2.75) is 6.92 Å². The monoisotopic (exact) mass is 594 g/mol. The lowest BCUT2D eigenvalue weighted by Crippen LogP contribution is -2.09. The molecule has 0 aliphatic heterocycles. The van der Waals surface area contributed by atoms with Crippen LogP contribution in [0.4, 0.5) is 34.1 Å². The van der Waals surface area contributed by atoms with E-state index in [4.69, 9.17) is 0 Å². The Morgan fingerprint density at radius 2 is 0.565 bits per heavy atom. The number of aryl methyl sites for hydroxylation is 1. The molecular formula is C43H34N2O. The van der Waals surface area contributed by atoms with E-state index in [1.807, 2.05) is 30.3 Å². The summed E-state index contributed by atoms with van der Waals surface area (Å²) in [5.41, 5.74) is 12.4. The lowest BCUT2D eigenvalue weighted by molar-refractivity contribution is 0.475. The van der Waals surface area contributed by atoms with Gasteiger partial charge in [0.1, 0.15) is 5.75 Å². The first-order valence-corrected chi connectivity index (χ1v) is 15.5. The smallest absolute Gasteiger partial charge is 0.115 e. The molecule has 46 heavy (non-hydrogen) atoms. The second kappa shape index (κ2) is 12.9. The number of para-hydroxylation sites is 2. The van der Waals surface area contributed by atoms with Gasteiger partial charge in [0, 0.05) is 34.1 Å². The summed E-state index contributed by atoms with van der Waals surface area (Å²) in [6, 6.07) is 62.9. The molecule has 0 aromatic heterocycles. The van der Waals surface area contributed by atoms with Gasteiger partial charge in [0.25, 0.3) is 0 Å². The average molecular weight is 595 g/mol. The van der Waals surface area contributed by atoms with Gasteiger partial charge < -0.3 is 14.9 Å². The Balaban J connectivity index is 1.12. The highest BCUT2D eigenvalue weighted by Crippen LogP contribution is 2.38. The Kier molecular flexibility index (Phi) is 8.04. The minimum Gasteiger partial charge on any atom is -0.508 e. The van der Waals surface area contributed by atoms with Crippen molar-refractivity contribution in [2.75, 3.05) is 9.80 Å². The number of anilines is 6. The molecule has 3 nitrogen and oxygen atoms in total. The third-order valence-corrected chi connectivity index (χ3v) is 8.23. The second-order valence-electron chi connectivity index (χ2n) is 11.4. The van der Waals surface area contributed by atoms with Gasteiger partial charge in [0.15, 0.2) is 0 Å². The molecule has 0 radical (unpaired) electrons. The van der Waals surface area contributed by atoms with Gasteiger partial charge in [0.05, 0.1) is 0 Å². The summed E-state index contributed by atoms with van der Waals surface area (Å²) in [5, 5.41) is 9.84. The predicted octanol–water partition coefficient (Wildman–Crippen LogP) is 12.0. The number of phenols is 1. The highest BCUT2D eigenvalue weighted by molar-refractivity contribution is 5.80. The van der Waals surface area contributed by atoms with Crippen LogP contribution in [0.1, 0.15) is 5.56 Å². The summed E-state index contributed by atoms with van der Waals surface area (Å²) in [5.74, 6) is 0.253. The van der Waals surface area contributed by atoms with E-state index in [-0.39, 0.29) is 5.75 Å². The van der Waals surface area contributed by atoms with Crippen LogP contribution < -0.4 is 9.80 Å². The molecule has 0 saturated heterocycles. The molecule has 0 unspecified atom stereocenters. The molecule has 222 valence electrons. The third kappa shape index (κ3) is 6.12. The minimum atomic E-state index is 0.253. The van der Waals surface area contributed by atoms with Gasteiger partial charge in [-0.05, 0) is 114 Å². The number of nitrogens with zero attached hydrogens (tertiary/aromatic N) is 2. The van der Waals surface area contributed by atoms with E-state index in [1.165, 1.54) is 16.7 Å². The van der Waals surface area contributed by atoms with Gasteiger partial charge in [-0.15, -0.1) is 0 Å². The first-order chi connectivity index (χ1) is 22.6. The van der Waals surface area contributed by atoms with Crippen molar-refractivity contribution < 1.29 is 5.11 Å². The van der Waals surface area contributed by atoms with Gasteiger partial charge in [-0.1, -0.05) is 103 Å². The van der Waals surface area contributed by atoms with E-state index in [1.54, 1.807) is 12.1 Å². The molecule has 0 heterocycles. The molecule has 0 spiro atoms. The van der Waals surface area contributed by atoms with Crippen LogP contribution in [-0.4, -0.2) is 5.11 Å². The van der Waals surface area contributed by atoms with Gasteiger partial charge >= 0.3 is 0 Å². The number of phenolic OH excluding ortho intramolecular Hbond substituents is 1. The average Bonchev–Trinajstić information content (AvgIpc) is 3.12. The van der Waals surface area contributed by atoms with E-state index >= 15 is 0 Å². The summed E-state index contributed by atoms with van der Waals surface area (Å²) in [4.78, 5) is 4.48. The van der Waals surface area contributed by atoms with E-state index in [0.29, 0.717) is 0 Å². The summed E-state index contributed by atoms with van der Waals surface area (Å²) >= 11 is 0. The van der Waals surface area contributed by atoms with Crippen LogP contribution >= 0.6 is 0 Å². The zero-order valence-electron chi connectivity index (χ0n) is 25.7. The number of rotatable bonds is 8. The van der Waals surface area contributed by atoms with Crippen molar-refractivity contribution in [3.8, 4) is 28.0 Å². The molecule has 0 bridgehead atoms. The SMILES string of the molecule is Cc1ccc(N(c2ccccc2)c2ccc(-c3ccc(-c4ccc(N(c5ccccc5)c5ccc(O)cc5)cc4)cc3)cc2)cc1. The zero-order valence-corrected chi connectivity index (χ0v) is 25.7. The van der Waals surface area contributed by atoms with Crippen LogP contribution in [0.25, 0.3) is 22.3 Å². The van der Waals surface area contributed by atoms with Gasteiger partial charge in [0.2, 0.25) is 0 Å². The third-order valence-electron chi connectivity index (χ3n) is 8.23. The zero-order chi connectivity index (χ0) is 31.3. The molecule has 0 aliphatic rings. The highest BCUT2D eigenvalue weighted by Gasteiger charge is 2.14. The normalized spacial score (nSPS) is 10.8. The maximum absolute atomic E-state index is 9.84. The molecule has 0 aliphatic carbocycles. The largest absolute Gasteiger partial charge is 0.508 e. The first-order valence-electron chi connectivity index (χ1n) is 15.5. The summed E-state index contributed by atoms with van der Waals surface area (Å²) in [6.07, 6.45) is 0.